The molecule has 0 fully saturated rings. The molecule has 1 N–H and O–H groups in total. The molecule has 0 saturated carbocycles. The zero-order valence-corrected chi connectivity index (χ0v) is 7.01. The van der Waals surface area contributed by atoms with Crippen LogP contribution in [0.5, 0.6) is 0 Å². The highest BCUT2D eigenvalue weighted by Crippen LogP contribution is 2.05. The molecule has 11 heavy (non-hydrogen) atoms. The molecule has 0 aliphatic rings. The van der Waals surface area contributed by atoms with Crippen LogP contribution in [-0.2, 0) is 9.39 Å². The summed E-state index contributed by atoms with van der Waals surface area (Å²) in [5.74, 6) is 0. The molecule has 0 unspecified atom stereocenters. The van der Waals surface area contributed by atoms with Gasteiger partial charge < -0.3 is 9.39 Å². The van der Waals surface area contributed by atoms with Crippen LogP contribution in [0.15, 0.2) is 0 Å². The van der Waals surface area contributed by atoms with Gasteiger partial charge in [0.25, 0.3) is 8.05 Å². The zero-order valence-electron chi connectivity index (χ0n) is 7.01. The average Bonchev–Trinajstić information content (AvgIpc) is 1.79. The fourth-order valence-electron chi connectivity index (χ4n) is 0.415. The molecule has 0 atom stereocenters. The second-order valence-corrected chi connectivity index (χ2v) is 2.99. The second kappa shape index (κ2) is 4.23. The molecule has 0 aliphatic carbocycles. The van der Waals surface area contributed by atoms with Crippen molar-refractivity contribution in [3.63, 3.8) is 0 Å². The van der Waals surface area contributed by atoms with Gasteiger partial charge in [-0.15, -0.1) is 0 Å². The Hall–Kier alpha value is -0.705. The summed E-state index contributed by atoms with van der Waals surface area (Å²) in [6.07, 6.45) is -0.539. The van der Waals surface area contributed by atoms with Crippen LogP contribution in [-0.4, -0.2) is 26.5 Å². The number of hydrogen-bond donors (Lipinski definition) is 1. The van der Waals surface area contributed by atoms with Crippen LogP contribution in [0.3, 0.4) is 0 Å². The van der Waals surface area contributed by atoms with E-state index in [0.29, 0.717) is 0 Å². The first-order valence-electron chi connectivity index (χ1n) is 3.24. The molecule has 0 aromatic rings. The third kappa shape index (κ3) is 7.19. The zero-order chi connectivity index (χ0) is 8.91. The molecule has 62 valence electrons. The summed E-state index contributed by atoms with van der Waals surface area (Å²) in [5, 5.41) is 2.28. The molecule has 0 heterocycles. The molecule has 4 nitrogen and oxygen atoms in total. The van der Waals surface area contributed by atoms with E-state index < -0.39 is 11.7 Å². The predicted molar refractivity (Wildman–Crippen MR) is 41.1 cm³/mol. The largest absolute Gasteiger partial charge is 0.444 e. The van der Waals surface area contributed by atoms with E-state index in [0.717, 1.165) is 0 Å². The van der Waals surface area contributed by atoms with Gasteiger partial charge in [0, 0.05) is 0 Å². The number of amides is 1. The average molecular weight is 157 g/mol. The summed E-state index contributed by atoms with van der Waals surface area (Å²) >= 11 is 0. The Labute approximate surface area is 67.7 Å². The molecule has 1 amide bonds. The predicted octanol–water partition coefficient (Wildman–Crippen LogP) is 0.569. The van der Waals surface area contributed by atoms with Crippen LogP contribution in [0.4, 0.5) is 4.79 Å². The molecule has 5 heteroatoms. The second-order valence-electron chi connectivity index (χ2n) is 2.99. The Morgan fingerprint density at radius 1 is 1.55 bits per heavy atom. The Morgan fingerprint density at radius 3 is 2.45 bits per heavy atom. The topological polar surface area (TPSA) is 47.6 Å². The molecule has 0 spiro atoms. The monoisotopic (exact) mass is 157 g/mol. The molecular formula is C6H12BNO3. The Kier molecular flexibility index (Phi) is 3.96. The number of alkyl carbamates (subject to hydrolysis) is 1. The first-order chi connectivity index (χ1) is 4.95. The third-order valence-electron chi connectivity index (χ3n) is 0.699. The summed E-state index contributed by atoms with van der Waals surface area (Å²) in [6.45, 7) is 5.27. The fourth-order valence-corrected chi connectivity index (χ4v) is 0.415. The van der Waals surface area contributed by atoms with Gasteiger partial charge >= 0.3 is 6.09 Å². The number of carbonyl (C=O) groups excluding carboxylic acids is 1. The van der Waals surface area contributed by atoms with Crippen molar-refractivity contribution in [1.82, 2.24) is 5.32 Å². The van der Waals surface area contributed by atoms with Gasteiger partial charge in [0.15, 0.2) is 0 Å². The lowest BCUT2D eigenvalue weighted by atomic mass is 10.2. The summed E-state index contributed by atoms with van der Waals surface area (Å²) in [4.78, 5) is 10.7. The van der Waals surface area contributed by atoms with Crippen molar-refractivity contribution < 1.29 is 14.2 Å². The van der Waals surface area contributed by atoms with Crippen molar-refractivity contribution in [2.24, 2.45) is 0 Å². The molecule has 2 radical (unpaired) electrons. The molecule has 0 rings (SSSR count). The van der Waals surface area contributed by atoms with Crippen LogP contribution >= 0.6 is 0 Å². The summed E-state index contributed by atoms with van der Waals surface area (Å²) in [5.41, 5.74) is -0.487. The quantitative estimate of drug-likeness (QED) is 0.470. The minimum atomic E-state index is -0.539. The van der Waals surface area contributed by atoms with E-state index in [2.05, 4.69) is 18.0 Å². The maximum absolute atomic E-state index is 10.7. The number of rotatable bonds is 2. The van der Waals surface area contributed by atoms with Gasteiger partial charge in [-0.1, -0.05) is 0 Å². The Bertz CT molecular complexity index is 132. The Morgan fingerprint density at radius 2 is 2.09 bits per heavy atom. The molecule has 0 aromatic heterocycles. The van der Waals surface area contributed by atoms with Gasteiger partial charge in [-0.05, 0) is 20.8 Å². The van der Waals surface area contributed by atoms with Gasteiger partial charge in [-0.3, -0.25) is 5.32 Å². The van der Waals surface area contributed by atoms with Gasteiger partial charge in [-0.25, -0.2) is 4.79 Å². The minimum absolute atomic E-state index is 0.0467. The summed E-state index contributed by atoms with van der Waals surface area (Å²) in [6, 6.07) is 0. The van der Waals surface area contributed by atoms with Crippen molar-refractivity contribution in [3.05, 3.63) is 0 Å². The molecule has 0 bridgehead atoms. The van der Waals surface area contributed by atoms with Crippen molar-refractivity contribution in [2.75, 3.05) is 6.73 Å². The SMILES string of the molecule is [B]OCNC(=O)OC(C)(C)C. The molecule has 0 aromatic carbocycles. The van der Waals surface area contributed by atoms with E-state index in [1.165, 1.54) is 0 Å². The van der Waals surface area contributed by atoms with Crippen LogP contribution in [0.25, 0.3) is 0 Å². The molecule has 0 saturated heterocycles. The van der Waals surface area contributed by atoms with Crippen molar-refractivity contribution in [1.29, 1.82) is 0 Å². The highest BCUT2D eigenvalue weighted by atomic mass is 16.6. The van der Waals surface area contributed by atoms with E-state index >= 15 is 0 Å². The number of carbonyl (C=O) groups is 1. The van der Waals surface area contributed by atoms with Crippen molar-refractivity contribution >= 4 is 14.1 Å². The van der Waals surface area contributed by atoms with Gasteiger partial charge in [0.1, 0.15) is 12.3 Å². The van der Waals surface area contributed by atoms with E-state index in [-0.39, 0.29) is 6.73 Å². The first kappa shape index (κ1) is 10.3. The fraction of sp³-hybridized carbons (Fsp3) is 0.833. The number of nitrogens with one attached hydrogen (secondary N) is 1. The molecule has 0 aliphatic heterocycles. The minimum Gasteiger partial charge on any atom is -0.444 e. The maximum atomic E-state index is 10.7. The smallest absolute Gasteiger partial charge is 0.409 e. The lowest BCUT2D eigenvalue weighted by Gasteiger charge is -2.19. The third-order valence-corrected chi connectivity index (χ3v) is 0.699. The maximum Gasteiger partial charge on any atom is 0.409 e. The van der Waals surface area contributed by atoms with E-state index in [1.54, 1.807) is 20.8 Å². The summed E-state index contributed by atoms with van der Waals surface area (Å²) in [7, 11) is 4.67. The molecular weight excluding hydrogens is 145 g/mol. The highest BCUT2D eigenvalue weighted by molar-refractivity contribution is 5.98. The van der Waals surface area contributed by atoms with Crippen LogP contribution in [0.2, 0.25) is 0 Å². The normalized spacial score (nSPS) is 10.8. The van der Waals surface area contributed by atoms with Crippen LogP contribution < -0.4 is 5.32 Å². The van der Waals surface area contributed by atoms with Crippen molar-refractivity contribution in [2.45, 2.75) is 26.4 Å². The van der Waals surface area contributed by atoms with Crippen molar-refractivity contribution in [3.8, 4) is 0 Å². The lowest BCUT2D eigenvalue weighted by Crippen LogP contribution is -2.33. The van der Waals surface area contributed by atoms with Crippen LogP contribution in [0.1, 0.15) is 20.8 Å². The Balaban J connectivity index is 3.53. The van der Waals surface area contributed by atoms with E-state index in [1.807, 2.05) is 0 Å². The van der Waals surface area contributed by atoms with Crippen LogP contribution in [0, 0.1) is 0 Å². The number of ether oxygens (including phenoxy) is 1. The standard InChI is InChI=1S/C6H12BNO3/c1-6(2,3)11-5(9)8-4-10-7/h4H2,1-3H3,(H,8,9). The first-order valence-corrected chi connectivity index (χ1v) is 3.24. The summed E-state index contributed by atoms with van der Waals surface area (Å²) < 4.78 is 8.97. The van der Waals surface area contributed by atoms with Gasteiger partial charge in [0.05, 0.1) is 0 Å². The van der Waals surface area contributed by atoms with E-state index in [4.69, 9.17) is 4.74 Å². The lowest BCUT2D eigenvalue weighted by molar-refractivity contribution is 0.0488. The van der Waals surface area contributed by atoms with Gasteiger partial charge in [-0.2, -0.15) is 0 Å². The highest BCUT2D eigenvalue weighted by Gasteiger charge is 2.14. The van der Waals surface area contributed by atoms with E-state index in [9.17, 15) is 4.79 Å². The number of hydrogen-bond acceptors (Lipinski definition) is 3. The van der Waals surface area contributed by atoms with Gasteiger partial charge in [0.2, 0.25) is 0 Å².